The van der Waals surface area contributed by atoms with E-state index in [1.807, 2.05) is 25.1 Å². The van der Waals surface area contributed by atoms with Crippen LogP contribution >= 0.6 is 0 Å². The Bertz CT molecular complexity index is 625. The maximum absolute atomic E-state index is 12.2. The average molecular weight is 286 g/mol. The van der Waals surface area contributed by atoms with Crippen LogP contribution < -0.4 is 4.74 Å². The van der Waals surface area contributed by atoms with Crippen molar-refractivity contribution in [3.8, 4) is 5.75 Å². The molecular formula is C16H18N2O3. The third-order valence-electron chi connectivity index (χ3n) is 3.62. The molecule has 0 saturated heterocycles. The van der Waals surface area contributed by atoms with Gasteiger partial charge in [-0.3, -0.25) is 4.79 Å². The van der Waals surface area contributed by atoms with E-state index in [4.69, 9.17) is 9.26 Å². The molecule has 0 radical (unpaired) electrons. The fraction of sp³-hybridized carbons (Fsp3) is 0.375. The van der Waals surface area contributed by atoms with E-state index in [9.17, 15) is 4.79 Å². The summed E-state index contributed by atoms with van der Waals surface area (Å²) in [5.74, 6) is 1.53. The number of amides is 1. The first kappa shape index (κ1) is 13.7. The van der Waals surface area contributed by atoms with Crippen molar-refractivity contribution >= 4 is 5.91 Å². The van der Waals surface area contributed by atoms with Crippen molar-refractivity contribution in [2.75, 3.05) is 13.6 Å². The molecule has 0 fully saturated rings. The van der Waals surface area contributed by atoms with Crippen LogP contribution in [0.5, 0.6) is 5.75 Å². The number of carbonyl (C=O) groups is 1. The molecule has 0 spiro atoms. The van der Waals surface area contributed by atoms with Gasteiger partial charge in [-0.1, -0.05) is 23.4 Å². The summed E-state index contributed by atoms with van der Waals surface area (Å²) in [5.41, 5.74) is 1.99. The molecule has 1 aromatic carbocycles. The normalized spacial score (nSPS) is 16.4. The number of aromatic nitrogens is 1. The molecule has 2 heterocycles. The summed E-state index contributed by atoms with van der Waals surface area (Å²) in [6.07, 6.45) is 1.10. The molecule has 0 saturated carbocycles. The largest absolute Gasteiger partial charge is 0.488 e. The Labute approximate surface area is 123 Å². The molecule has 1 aliphatic rings. The molecule has 0 N–H and O–H groups in total. The van der Waals surface area contributed by atoms with Crippen molar-refractivity contribution in [3.63, 3.8) is 0 Å². The van der Waals surface area contributed by atoms with Gasteiger partial charge in [-0.2, -0.15) is 0 Å². The zero-order valence-electron chi connectivity index (χ0n) is 12.2. The Kier molecular flexibility index (Phi) is 3.64. The summed E-state index contributed by atoms with van der Waals surface area (Å²) in [6, 6.07) is 9.78. The van der Waals surface area contributed by atoms with Gasteiger partial charge in [-0.05, 0) is 18.6 Å². The first-order chi connectivity index (χ1) is 10.1. The Hall–Kier alpha value is -2.30. The minimum atomic E-state index is 0.00528. The Morgan fingerprint density at radius 2 is 2.24 bits per heavy atom. The third-order valence-corrected chi connectivity index (χ3v) is 3.62. The number of nitrogens with zero attached hydrogens (tertiary/aromatic N) is 2. The molecule has 110 valence electrons. The lowest BCUT2D eigenvalue weighted by Gasteiger charge is -2.20. The van der Waals surface area contributed by atoms with Gasteiger partial charge in [0.1, 0.15) is 17.6 Å². The van der Waals surface area contributed by atoms with E-state index >= 15 is 0 Å². The maximum atomic E-state index is 12.2. The van der Waals surface area contributed by atoms with Crippen LogP contribution in [0.25, 0.3) is 0 Å². The molecule has 1 aliphatic heterocycles. The minimum absolute atomic E-state index is 0.00528. The molecule has 0 unspecified atom stereocenters. The van der Waals surface area contributed by atoms with E-state index in [1.54, 1.807) is 18.0 Å². The van der Waals surface area contributed by atoms with Gasteiger partial charge in [0.2, 0.25) is 5.91 Å². The lowest BCUT2D eigenvalue weighted by molar-refractivity contribution is -0.130. The fourth-order valence-corrected chi connectivity index (χ4v) is 2.55. The molecule has 2 aromatic rings. The summed E-state index contributed by atoms with van der Waals surface area (Å²) >= 11 is 0. The number of para-hydroxylation sites is 1. The Morgan fingerprint density at radius 3 is 2.95 bits per heavy atom. The highest BCUT2D eigenvalue weighted by Crippen LogP contribution is 2.28. The van der Waals surface area contributed by atoms with E-state index < -0.39 is 0 Å². The number of rotatable bonds is 4. The van der Waals surface area contributed by atoms with Crippen LogP contribution in [0.4, 0.5) is 0 Å². The Morgan fingerprint density at radius 1 is 1.43 bits per heavy atom. The van der Waals surface area contributed by atoms with Gasteiger partial charge in [-0.15, -0.1) is 0 Å². The highest BCUT2D eigenvalue weighted by molar-refractivity contribution is 5.77. The first-order valence-electron chi connectivity index (χ1n) is 7.02. The zero-order chi connectivity index (χ0) is 14.8. The van der Waals surface area contributed by atoms with E-state index in [2.05, 4.69) is 11.2 Å². The number of hydrogen-bond acceptors (Lipinski definition) is 4. The van der Waals surface area contributed by atoms with Crippen LogP contribution in [0, 0.1) is 6.92 Å². The molecule has 1 amide bonds. The molecule has 21 heavy (non-hydrogen) atoms. The smallest absolute Gasteiger partial charge is 0.230 e. The predicted molar refractivity (Wildman–Crippen MR) is 77.1 cm³/mol. The summed E-state index contributed by atoms with van der Waals surface area (Å²) in [5, 5.41) is 3.79. The van der Waals surface area contributed by atoms with E-state index in [0.717, 1.165) is 17.9 Å². The van der Waals surface area contributed by atoms with Crippen LogP contribution in [0.3, 0.4) is 0 Å². The number of ether oxygens (including phenoxy) is 1. The quantitative estimate of drug-likeness (QED) is 0.862. The van der Waals surface area contributed by atoms with Crippen molar-refractivity contribution in [2.45, 2.75) is 25.9 Å². The van der Waals surface area contributed by atoms with Crippen LogP contribution in [0.1, 0.15) is 17.0 Å². The van der Waals surface area contributed by atoms with Crippen molar-refractivity contribution in [2.24, 2.45) is 0 Å². The summed E-state index contributed by atoms with van der Waals surface area (Å²) in [6.45, 7) is 2.41. The number of benzene rings is 1. The van der Waals surface area contributed by atoms with Gasteiger partial charge in [-0.25, -0.2) is 0 Å². The maximum Gasteiger partial charge on any atom is 0.230 e. The molecule has 1 aromatic heterocycles. The standard InChI is InChI=1S/C16H18N2O3/c1-11-7-13(21-17-11)9-16(19)18(2)10-14-8-12-5-3-4-6-15(12)20-14/h3-7,14H,8-10H2,1-2H3/t14-/m0/s1. The predicted octanol–water partition coefficient (Wildman–Crippen LogP) is 1.99. The highest BCUT2D eigenvalue weighted by atomic mass is 16.5. The van der Waals surface area contributed by atoms with Crippen molar-refractivity contribution in [1.82, 2.24) is 10.1 Å². The molecule has 0 aliphatic carbocycles. The van der Waals surface area contributed by atoms with Crippen molar-refractivity contribution in [3.05, 3.63) is 47.3 Å². The molecule has 5 nitrogen and oxygen atoms in total. The summed E-state index contributed by atoms with van der Waals surface area (Å²) in [7, 11) is 1.79. The van der Waals surface area contributed by atoms with Crippen LogP contribution in [-0.2, 0) is 17.6 Å². The molecule has 3 rings (SSSR count). The second-order valence-electron chi connectivity index (χ2n) is 5.44. The number of fused-ring (bicyclic) bond motifs is 1. The van der Waals surface area contributed by atoms with Gasteiger partial charge in [0, 0.05) is 19.5 Å². The molecular weight excluding hydrogens is 268 g/mol. The van der Waals surface area contributed by atoms with Gasteiger partial charge >= 0.3 is 0 Å². The Balaban J connectivity index is 1.55. The number of hydrogen-bond donors (Lipinski definition) is 0. The summed E-state index contributed by atoms with van der Waals surface area (Å²) < 4.78 is 10.9. The van der Waals surface area contributed by atoms with E-state index in [-0.39, 0.29) is 18.4 Å². The van der Waals surface area contributed by atoms with Crippen LogP contribution in [0.2, 0.25) is 0 Å². The summed E-state index contributed by atoms with van der Waals surface area (Å²) in [4.78, 5) is 13.9. The molecule has 1 atom stereocenters. The van der Waals surface area contributed by atoms with Crippen LogP contribution in [-0.4, -0.2) is 35.7 Å². The topological polar surface area (TPSA) is 55.6 Å². The number of aryl methyl sites for hydroxylation is 1. The SMILES string of the molecule is Cc1cc(CC(=O)N(C)C[C@@H]2Cc3ccccc3O2)on1. The number of carbonyl (C=O) groups excluding carboxylic acids is 1. The van der Waals surface area contributed by atoms with Gasteiger partial charge in [0.15, 0.2) is 0 Å². The van der Waals surface area contributed by atoms with Crippen molar-refractivity contribution in [1.29, 1.82) is 0 Å². The lowest BCUT2D eigenvalue weighted by atomic mass is 10.1. The van der Waals surface area contributed by atoms with Crippen LogP contribution in [0.15, 0.2) is 34.9 Å². The van der Waals surface area contributed by atoms with Gasteiger partial charge in [0.05, 0.1) is 18.7 Å². The fourth-order valence-electron chi connectivity index (χ4n) is 2.55. The highest BCUT2D eigenvalue weighted by Gasteiger charge is 2.25. The monoisotopic (exact) mass is 286 g/mol. The minimum Gasteiger partial charge on any atom is -0.488 e. The average Bonchev–Trinajstić information content (AvgIpc) is 3.04. The first-order valence-corrected chi connectivity index (χ1v) is 7.02. The van der Waals surface area contributed by atoms with Crippen molar-refractivity contribution < 1.29 is 14.1 Å². The van der Waals surface area contributed by atoms with E-state index in [0.29, 0.717) is 12.3 Å². The van der Waals surface area contributed by atoms with E-state index in [1.165, 1.54) is 5.56 Å². The molecule has 5 heteroatoms. The van der Waals surface area contributed by atoms with Gasteiger partial charge < -0.3 is 14.2 Å². The molecule has 0 bridgehead atoms. The van der Waals surface area contributed by atoms with Gasteiger partial charge in [0.25, 0.3) is 0 Å². The third kappa shape index (κ3) is 3.07. The second-order valence-corrected chi connectivity index (χ2v) is 5.44. The zero-order valence-corrected chi connectivity index (χ0v) is 12.2. The second kappa shape index (κ2) is 5.60. The lowest BCUT2D eigenvalue weighted by Crippen LogP contribution is -2.37. The number of likely N-dealkylation sites (N-methyl/N-ethyl adjacent to an activating group) is 1.